The van der Waals surface area contributed by atoms with Crippen molar-refractivity contribution in [1.82, 2.24) is 0 Å². The molecule has 0 amide bonds. The number of nitrogens with zero attached hydrogens (tertiary/aromatic N) is 1. The normalized spacial score (nSPS) is 26.7. The zero-order chi connectivity index (χ0) is 13.7. The van der Waals surface area contributed by atoms with E-state index in [-0.39, 0.29) is 5.54 Å². The molecule has 0 radical (unpaired) electrons. The highest BCUT2D eigenvalue weighted by molar-refractivity contribution is 5.49. The molecule has 1 aromatic rings. The summed E-state index contributed by atoms with van der Waals surface area (Å²) in [6, 6.07) is 10.9. The van der Waals surface area contributed by atoms with Gasteiger partial charge in [0.25, 0.3) is 0 Å². The largest absolute Gasteiger partial charge is 0.367 e. The van der Waals surface area contributed by atoms with E-state index < -0.39 is 0 Å². The van der Waals surface area contributed by atoms with Crippen LogP contribution in [-0.2, 0) is 0 Å². The number of aryl methyl sites for hydroxylation is 1. The van der Waals surface area contributed by atoms with Crippen LogP contribution < -0.4 is 5.32 Å². The highest BCUT2D eigenvalue weighted by Crippen LogP contribution is 2.36. The van der Waals surface area contributed by atoms with Gasteiger partial charge in [-0.15, -0.1) is 0 Å². The van der Waals surface area contributed by atoms with Crippen molar-refractivity contribution in [3.63, 3.8) is 0 Å². The summed E-state index contributed by atoms with van der Waals surface area (Å²) < 4.78 is 0. The number of nitrogens with one attached hydrogen (secondary N) is 1. The van der Waals surface area contributed by atoms with E-state index in [2.05, 4.69) is 43.4 Å². The van der Waals surface area contributed by atoms with E-state index in [0.717, 1.165) is 24.4 Å². The second kappa shape index (κ2) is 6.10. The fraction of sp³-hybridized carbons (Fsp3) is 0.588. The zero-order valence-electron chi connectivity index (χ0n) is 12.1. The van der Waals surface area contributed by atoms with Gasteiger partial charge in [0.15, 0.2) is 0 Å². The first-order chi connectivity index (χ1) is 9.17. The van der Waals surface area contributed by atoms with E-state index in [9.17, 15) is 5.26 Å². The molecule has 0 spiro atoms. The lowest BCUT2D eigenvalue weighted by Gasteiger charge is -2.36. The van der Waals surface area contributed by atoms with Gasteiger partial charge in [-0.1, -0.05) is 31.9 Å². The number of hydrogen-bond acceptors (Lipinski definition) is 2. The van der Waals surface area contributed by atoms with Crippen LogP contribution in [0.5, 0.6) is 0 Å². The van der Waals surface area contributed by atoms with Crippen molar-refractivity contribution in [3.8, 4) is 6.07 Å². The van der Waals surface area contributed by atoms with Gasteiger partial charge in [-0.05, 0) is 56.2 Å². The Hall–Kier alpha value is -1.49. The molecule has 1 N–H and O–H groups in total. The van der Waals surface area contributed by atoms with Crippen molar-refractivity contribution in [2.75, 3.05) is 5.32 Å². The van der Waals surface area contributed by atoms with Crippen LogP contribution in [0.3, 0.4) is 0 Å². The second-order valence-electron chi connectivity index (χ2n) is 5.92. The highest BCUT2D eigenvalue weighted by atomic mass is 15.0. The molecular formula is C17H24N2. The maximum Gasteiger partial charge on any atom is 0.125 e. The molecule has 0 bridgehead atoms. The number of anilines is 1. The van der Waals surface area contributed by atoms with Gasteiger partial charge in [0.1, 0.15) is 5.54 Å². The summed E-state index contributed by atoms with van der Waals surface area (Å²) >= 11 is 0. The SMILES string of the molecule is CCCC1CCC(C#N)(Nc2cccc(C)c2)CC1. The average Bonchev–Trinajstić information content (AvgIpc) is 2.42. The minimum atomic E-state index is -0.349. The standard InChI is InChI=1S/C17H24N2/c1-3-5-15-8-10-17(13-18,11-9-15)19-16-7-4-6-14(2)12-16/h4,6-7,12,15,19H,3,5,8-11H2,1-2H3. The Morgan fingerprint density at radius 1 is 1.37 bits per heavy atom. The Balaban J connectivity index is 2.03. The number of nitriles is 1. The van der Waals surface area contributed by atoms with Gasteiger partial charge in [-0.25, -0.2) is 0 Å². The van der Waals surface area contributed by atoms with Crippen molar-refractivity contribution >= 4 is 5.69 Å². The minimum Gasteiger partial charge on any atom is -0.367 e. The fourth-order valence-corrected chi connectivity index (χ4v) is 3.13. The molecule has 1 aliphatic rings. The molecule has 2 heteroatoms. The van der Waals surface area contributed by atoms with E-state index in [1.165, 1.54) is 31.2 Å². The molecule has 2 rings (SSSR count). The number of hydrogen-bond donors (Lipinski definition) is 1. The van der Waals surface area contributed by atoms with Gasteiger partial charge in [-0.3, -0.25) is 0 Å². The van der Waals surface area contributed by atoms with Crippen LogP contribution in [0.2, 0.25) is 0 Å². The molecule has 0 saturated heterocycles. The van der Waals surface area contributed by atoms with Gasteiger partial charge >= 0.3 is 0 Å². The topological polar surface area (TPSA) is 35.8 Å². The minimum absolute atomic E-state index is 0.349. The van der Waals surface area contributed by atoms with Gasteiger partial charge in [-0.2, -0.15) is 5.26 Å². The smallest absolute Gasteiger partial charge is 0.125 e. The summed E-state index contributed by atoms with van der Waals surface area (Å²) in [4.78, 5) is 0. The van der Waals surface area contributed by atoms with Crippen LogP contribution in [-0.4, -0.2) is 5.54 Å². The van der Waals surface area contributed by atoms with E-state index >= 15 is 0 Å². The van der Waals surface area contributed by atoms with Crippen molar-refractivity contribution in [1.29, 1.82) is 5.26 Å². The quantitative estimate of drug-likeness (QED) is 0.850. The van der Waals surface area contributed by atoms with Crippen LogP contribution in [0.15, 0.2) is 24.3 Å². The maximum absolute atomic E-state index is 9.58. The summed E-state index contributed by atoms with van der Waals surface area (Å²) in [5.41, 5.74) is 1.96. The van der Waals surface area contributed by atoms with E-state index in [0.29, 0.717) is 0 Å². The van der Waals surface area contributed by atoms with E-state index in [1.54, 1.807) is 0 Å². The average molecular weight is 256 g/mol. The van der Waals surface area contributed by atoms with Crippen LogP contribution in [0, 0.1) is 24.2 Å². The first-order valence-electron chi connectivity index (χ1n) is 7.43. The predicted molar refractivity (Wildman–Crippen MR) is 80.0 cm³/mol. The third-order valence-electron chi connectivity index (χ3n) is 4.27. The molecule has 1 aliphatic carbocycles. The van der Waals surface area contributed by atoms with E-state index in [4.69, 9.17) is 0 Å². The first kappa shape index (κ1) is 13.9. The predicted octanol–water partition coefficient (Wildman–Crippen LogP) is 4.66. The Bertz CT molecular complexity index is 451. The van der Waals surface area contributed by atoms with Gasteiger partial charge in [0.05, 0.1) is 6.07 Å². The zero-order valence-corrected chi connectivity index (χ0v) is 12.1. The van der Waals surface area contributed by atoms with E-state index in [1.807, 2.05) is 6.07 Å². The maximum atomic E-state index is 9.58. The Kier molecular flexibility index (Phi) is 4.47. The third-order valence-corrected chi connectivity index (χ3v) is 4.27. The van der Waals surface area contributed by atoms with Crippen molar-refractivity contribution in [2.45, 2.75) is 57.9 Å². The van der Waals surface area contributed by atoms with Gasteiger partial charge in [0, 0.05) is 5.69 Å². The molecule has 0 aromatic heterocycles. The summed E-state index contributed by atoms with van der Waals surface area (Å²) in [7, 11) is 0. The van der Waals surface area contributed by atoms with Gasteiger partial charge in [0.2, 0.25) is 0 Å². The lowest BCUT2D eigenvalue weighted by atomic mass is 9.75. The fourth-order valence-electron chi connectivity index (χ4n) is 3.13. The molecule has 0 aliphatic heterocycles. The molecular weight excluding hydrogens is 232 g/mol. The van der Waals surface area contributed by atoms with Crippen LogP contribution >= 0.6 is 0 Å². The summed E-state index contributed by atoms with van der Waals surface area (Å²) in [5.74, 6) is 0.825. The third kappa shape index (κ3) is 3.50. The van der Waals surface area contributed by atoms with Crippen molar-refractivity contribution < 1.29 is 0 Å². The monoisotopic (exact) mass is 256 g/mol. The molecule has 1 aromatic carbocycles. The Morgan fingerprint density at radius 2 is 2.11 bits per heavy atom. The van der Waals surface area contributed by atoms with Crippen molar-refractivity contribution in [3.05, 3.63) is 29.8 Å². The summed E-state index contributed by atoms with van der Waals surface area (Å²) in [6.45, 7) is 4.33. The first-order valence-corrected chi connectivity index (χ1v) is 7.43. The molecule has 1 saturated carbocycles. The Morgan fingerprint density at radius 3 is 2.68 bits per heavy atom. The number of benzene rings is 1. The summed E-state index contributed by atoms with van der Waals surface area (Å²) in [6.07, 6.45) is 6.88. The molecule has 0 unspecified atom stereocenters. The lowest BCUT2D eigenvalue weighted by molar-refractivity contribution is 0.282. The molecule has 2 nitrogen and oxygen atoms in total. The highest BCUT2D eigenvalue weighted by Gasteiger charge is 2.35. The van der Waals surface area contributed by atoms with Crippen LogP contribution in [0.1, 0.15) is 51.0 Å². The van der Waals surface area contributed by atoms with Crippen LogP contribution in [0.25, 0.3) is 0 Å². The molecule has 1 fully saturated rings. The molecule has 102 valence electrons. The van der Waals surface area contributed by atoms with Crippen LogP contribution in [0.4, 0.5) is 5.69 Å². The Labute approximate surface area is 116 Å². The summed E-state index contributed by atoms with van der Waals surface area (Å²) in [5, 5.41) is 13.1. The number of rotatable bonds is 4. The second-order valence-corrected chi connectivity index (χ2v) is 5.92. The molecule has 19 heavy (non-hydrogen) atoms. The molecule has 0 atom stereocenters. The van der Waals surface area contributed by atoms with Crippen molar-refractivity contribution in [2.24, 2.45) is 5.92 Å². The van der Waals surface area contributed by atoms with Gasteiger partial charge < -0.3 is 5.32 Å². The lowest BCUT2D eigenvalue weighted by Crippen LogP contribution is -2.40. The molecule has 0 heterocycles.